The Hall–Kier alpha value is -1.10. The number of Topliss-reactive ketones (excluding diaryl/α,β-unsaturated/α-hetero) is 1. The van der Waals surface area contributed by atoms with Crippen LogP contribution >= 0.6 is 0 Å². The fraction of sp³-hybridized carbons (Fsp3) is 0.600. The van der Waals surface area contributed by atoms with Crippen LogP contribution in [0.2, 0.25) is 0 Å². The zero-order chi connectivity index (χ0) is 8.57. The summed E-state index contributed by atoms with van der Waals surface area (Å²) in [6.07, 6.45) is 0. The van der Waals surface area contributed by atoms with Gasteiger partial charge in [0.2, 0.25) is 0 Å². The number of nitrogens with two attached hydrogens (primary N) is 2. The van der Waals surface area contributed by atoms with Gasteiger partial charge in [-0.1, -0.05) is 13.8 Å². The number of hydrogen-bond acceptors (Lipinski definition) is 4. The van der Waals surface area contributed by atoms with E-state index in [2.05, 4.69) is 5.10 Å². The van der Waals surface area contributed by atoms with E-state index in [9.17, 15) is 4.79 Å². The van der Waals surface area contributed by atoms with E-state index in [-0.39, 0.29) is 11.6 Å². The molecule has 0 aromatic carbocycles. The molecule has 0 rings (SSSR count). The average molecular weight is 146 g/mol. The number of carbonyl (C=O) groups is 1. The lowest BCUT2D eigenvalue weighted by atomic mass is 10.4. The van der Waals surface area contributed by atoms with E-state index in [4.69, 9.17) is 11.6 Å². The number of carbonyl (C=O) groups excluding carboxylic acids is 1. The van der Waals surface area contributed by atoms with E-state index < -0.39 is 0 Å². The molecule has 0 amide bonds. The predicted octanol–water partition coefficient (Wildman–Crippen LogP) is -0.663. The molecule has 0 heterocycles. The second-order valence-corrected chi connectivity index (χ2v) is 1.18. The average Bonchev–Trinajstić information content (AvgIpc) is 1.93. The Kier molecular flexibility index (Phi) is 9.22. The van der Waals surface area contributed by atoms with Gasteiger partial charge in [0.1, 0.15) is 0 Å². The maximum Gasteiger partial charge on any atom is 0.196 e. The van der Waals surface area contributed by atoms with Crippen LogP contribution in [0, 0.1) is 0 Å². The van der Waals surface area contributed by atoms with Crippen LogP contribution in [0.1, 0.15) is 20.8 Å². The summed E-state index contributed by atoms with van der Waals surface area (Å²) < 4.78 is 0. The van der Waals surface area contributed by atoms with Crippen molar-refractivity contribution >= 4 is 11.6 Å². The molecule has 10 heavy (non-hydrogen) atoms. The minimum atomic E-state index is -0.303. The first-order valence-electron chi connectivity index (χ1n) is 2.98. The molecule has 5 nitrogen and oxygen atoms in total. The molecule has 0 spiro atoms. The lowest BCUT2D eigenvalue weighted by molar-refractivity contribution is -0.111. The number of ketones is 1. The van der Waals surface area contributed by atoms with Gasteiger partial charge in [-0.2, -0.15) is 0 Å². The topological polar surface area (TPSA) is 93.5 Å². The molecule has 0 unspecified atom stereocenters. The van der Waals surface area contributed by atoms with Crippen molar-refractivity contribution in [3.05, 3.63) is 0 Å². The van der Waals surface area contributed by atoms with Gasteiger partial charge in [0.15, 0.2) is 11.6 Å². The number of hydrogen-bond donors (Lipinski definition) is 3. The van der Waals surface area contributed by atoms with Gasteiger partial charge in [-0.05, 0) is 0 Å². The number of hydrazone groups is 1. The van der Waals surface area contributed by atoms with E-state index in [0.29, 0.717) is 0 Å². The van der Waals surface area contributed by atoms with E-state index >= 15 is 0 Å². The molecule has 0 fully saturated rings. The van der Waals surface area contributed by atoms with Gasteiger partial charge in [-0.15, -0.1) is 5.10 Å². The Bertz CT molecular complexity index is 121. The van der Waals surface area contributed by atoms with Crippen molar-refractivity contribution in [1.82, 2.24) is 5.53 Å². The Morgan fingerprint density at radius 3 is 2.00 bits per heavy atom. The zero-order valence-corrected chi connectivity index (χ0v) is 6.51. The van der Waals surface area contributed by atoms with Crippen LogP contribution in [-0.4, -0.2) is 11.6 Å². The van der Waals surface area contributed by atoms with Crippen molar-refractivity contribution < 1.29 is 4.79 Å². The van der Waals surface area contributed by atoms with Crippen LogP contribution < -0.4 is 17.1 Å². The predicted molar refractivity (Wildman–Crippen MR) is 41.0 cm³/mol. The molecule has 0 saturated carbocycles. The van der Waals surface area contributed by atoms with Crippen molar-refractivity contribution in [2.24, 2.45) is 16.7 Å². The number of hydrazine groups is 1. The van der Waals surface area contributed by atoms with Crippen molar-refractivity contribution in [3.63, 3.8) is 0 Å². The van der Waals surface area contributed by atoms with Crippen LogP contribution in [-0.2, 0) is 4.79 Å². The van der Waals surface area contributed by atoms with Crippen LogP contribution in [0.3, 0.4) is 0 Å². The smallest absolute Gasteiger partial charge is 0.196 e. The first kappa shape index (κ1) is 11.7. The summed E-state index contributed by atoms with van der Waals surface area (Å²) in [4.78, 5) is 10.2. The third-order valence-electron chi connectivity index (χ3n) is 0.546. The highest BCUT2D eigenvalue weighted by atomic mass is 16.1. The van der Waals surface area contributed by atoms with E-state index in [1.54, 1.807) is 0 Å². The van der Waals surface area contributed by atoms with Gasteiger partial charge >= 0.3 is 0 Å². The molecule has 0 saturated heterocycles. The van der Waals surface area contributed by atoms with Gasteiger partial charge in [0.05, 0.1) is 0 Å². The molecule has 5 heteroatoms. The number of rotatable bonds is 2. The normalized spacial score (nSPS) is 9.40. The number of nitrogens with one attached hydrogen (secondary N) is 1. The molecule has 0 radical (unpaired) electrons. The lowest BCUT2D eigenvalue weighted by Crippen LogP contribution is -2.27. The summed E-state index contributed by atoms with van der Waals surface area (Å²) >= 11 is 0. The van der Waals surface area contributed by atoms with Gasteiger partial charge in [-0.3, -0.25) is 4.79 Å². The molecule has 0 aliphatic rings. The molecule has 0 aromatic heterocycles. The molecular formula is C5H14N4O. The van der Waals surface area contributed by atoms with Crippen molar-refractivity contribution in [3.8, 4) is 0 Å². The van der Waals surface area contributed by atoms with E-state index in [1.807, 2.05) is 19.4 Å². The van der Waals surface area contributed by atoms with Gasteiger partial charge in [0, 0.05) is 6.92 Å². The SMILES string of the molecule is CC.CC(=O)/C(N)=N/NN. The first-order valence-corrected chi connectivity index (χ1v) is 2.98. The highest BCUT2D eigenvalue weighted by Crippen LogP contribution is 1.65. The maximum absolute atomic E-state index is 10.2. The first-order chi connectivity index (χ1) is 4.68. The highest BCUT2D eigenvalue weighted by Gasteiger charge is 1.95. The Morgan fingerprint density at radius 1 is 1.50 bits per heavy atom. The highest BCUT2D eigenvalue weighted by molar-refractivity contribution is 6.37. The standard InChI is InChI=1S/C3H8N4O.C2H6/c1-2(8)3(4)6-7-5;1-2/h7H,5H2,1H3,(H2,4,6);1-2H3. The lowest BCUT2D eigenvalue weighted by Gasteiger charge is -1.89. The van der Waals surface area contributed by atoms with Gasteiger partial charge in [-0.25, -0.2) is 11.4 Å². The number of nitrogens with zero attached hydrogens (tertiary/aromatic N) is 1. The monoisotopic (exact) mass is 146 g/mol. The minimum absolute atomic E-state index is 0.118. The van der Waals surface area contributed by atoms with Crippen LogP contribution in [0.5, 0.6) is 0 Å². The minimum Gasteiger partial charge on any atom is -0.379 e. The summed E-state index contributed by atoms with van der Waals surface area (Å²) in [6.45, 7) is 5.30. The molecule has 0 aliphatic heterocycles. The molecular weight excluding hydrogens is 132 g/mol. The third kappa shape index (κ3) is 6.90. The molecule has 0 atom stereocenters. The molecule has 60 valence electrons. The van der Waals surface area contributed by atoms with Crippen molar-refractivity contribution in [1.29, 1.82) is 0 Å². The van der Waals surface area contributed by atoms with E-state index in [1.165, 1.54) is 6.92 Å². The van der Waals surface area contributed by atoms with Crippen LogP contribution in [0.25, 0.3) is 0 Å². The maximum atomic E-state index is 10.2. The molecule has 0 bridgehead atoms. The Labute approximate surface area is 60.4 Å². The summed E-state index contributed by atoms with van der Waals surface area (Å²) in [7, 11) is 0. The Balaban J connectivity index is 0. The Morgan fingerprint density at radius 2 is 1.90 bits per heavy atom. The van der Waals surface area contributed by atoms with Crippen LogP contribution in [0.15, 0.2) is 5.10 Å². The summed E-state index contributed by atoms with van der Waals surface area (Å²) in [5, 5.41) is 3.20. The second kappa shape index (κ2) is 7.90. The second-order valence-electron chi connectivity index (χ2n) is 1.18. The molecule has 0 aromatic rings. The fourth-order valence-corrected chi connectivity index (χ4v) is 0.148. The summed E-state index contributed by atoms with van der Waals surface area (Å²) in [6, 6.07) is 0. The van der Waals surface area contributed by atoms with Gasteiger partial charge in [0.25, 0.3) is 0 Å². The quantitative estimate of drug-likeness (QED) is 0.208. The molecule has 0 aliphatic carbocycles. The van der Waals surface area contributed by atoms with Gasteiger partial charge < -0.3 is 5.73 Å². The largest absolute Gasteiger partial charge is 0.379 e. The third-order valence-corrected chi connectivity index (χ3v) is 0.546. The molecule has 5 N–H and O–H groups in total. The number of amidine groups is 1. The van der Waals surface area contributed by atoms with E-state index in [0.717, 1.165) is 0 Å². The zero-order valence-electron chi connectivity index (χ0n) is 6.51. The van der Waals surface area contributed by atoms with Crippen molar-refractivity contribution in [2.75, 3.05) is 0 Å². The summed E-state index contributed by atoms with van der Waals surface area (Å²) in [5.74, 6) is 4.28. The fourth-order valence-electron chi connectivity index (χ4n) is 0.148. The van der Waals surface area contributed by atoms with Crippen LogP contribution in [0.4, 0.5) is 0 Å². The summed E-state index contributed by atoms with van der Waals surface area (Å²) in [5.41, 5.74) is 6.88. The van der Waals surface area contributed by atoms with Crippen molar-refractivity contribution in [2.45, 2.75) is 20.8 Å².